The molecule has 2 heterocycles. The van der Waals surface area contributed by atoms with Gasteiger partial charge in [-0.05, 0) is 18.2 Å². The number of methoxy groups -OCH3 is 1. The Morgan fingerprint density at radius 3 is 2.78 bits per heavy atom. The maximum absolute atomic E-state index is 5.19. The number of hydrogen-bond donors (Lipinski definition) is 1. The van der Waals surface area contributed by atoms with E-state index in [4.69, 9.17) is 4.74 Å². The lowest BCUT2D eigenvalue weighted by atomic mass is 10.1. The topological polar surface area (TPSA) is 59.9 Å². The normalized spacial score (nSPS) is 12.1. The van der Waals surface area contributed by atoms with E-state index in [1.54, 1.807) is 31.9 Å². The van der Waals surface area contributed by atoms with Crippen molar-refractivity contribution in [1.29, 1.82) is 0 Å². The monoisotopic (exact) mass is 244 g/mol. The summed E-state index contributed by atoms with van der Waals surface area (Å²) in [6.45, 7) is 2.88. The van der Waals surface area contributed by atoms with Crippen LogP contribution in [0.3, 0.4) is 0 Å². The summed E-state index contributed by atoms with van der Waals surface area (Å²) in [5, 5.41) is 3.37. The highest BCUT2D eigenvalue weighted by Crippen LogP contribution is 2.22. The number of rotatable bonds is 5. The van der Waals surface area contributed by atoms with Gasteiger partial charge in [0.05, 0.1) is 31.2 Å². The minimum absolute atomic E-state index is 0.0219. The molecule has 1 unspecified atom stereocenters. The maximum atomic E-state index is 5.19. The molecule has 1 N–H and O–H groups in total. The predicted octanol–water partition coefficient (Wildman–Crippen LogP) is 1.58. The summed E-state index contributed by atoms with van der Waals surface area (Å²) in [5.74, 6) is 0.735. The largest absolute Gasteiger partial charge is 0.495 e. The summed E-state index contributed by atoms with van der Waals surface area (Å²) in [4.78, 5) is 12.6. The first-order valence-electron chi connectivity index (χ1n) is 5.83. The van der Waals surface area contributed by atoms with E-state index in [1.165, 1.54) is 0 Å². The van der Waals surface area contributed by atoms with Gasteiger partial charge in [-0.15, -0.1) is 0 Å². The average molecular weight is 244 g/mol. The molecule has 94 valence electrons. The zero-order valence-corrected chi connectivity index (χ0v) is 10.5. The highest BCUT2D eigenvalue weighted by molar-refractivity contribution is 5.30. The van der Waals surface area contributed by atoms with Gasteiger partial charge in [0, 0.05) is 18.6 Å². The van der Waals surface area contributed by atoms with E-state index in [2.05, 4.69) is 27.2 Å². The Balaban J connectivity index is 2.35. The van der Waals surface area contributed by atoms with E-state index < -0.39 is 0 Å². The van der Waals surface area contributed by atoms with Gasteiger partial charge in [-0.1, -0.05) is 6.92 Å². The third kappa shape index (κ3) is 2.81. The second kappa shape index (κ2) is 6.07. The molecule has 0 aliphatic heterocycles. The Hall–Kier alpha value is -2.01. The third-order valence-corrected chi connectivity index (χ3v) is 2.59. The lowest BCUT2D eigenvalue weighted by Crippen LogP contribution is -2.23. The molecule has 0 bridgehead atoms. The van der Waals surface area contributed by atoms with Crippen LogP contribution in [-0.4, -0.2) is 28.6 Å². The smallest absolute Gasteiger partial charge is 0.137 e. The van der Waals surface area contributed by atoms with Crippen LogP contribution in [0.4, 0.5) is 0 Å². The van der Waals surface area contributed by atoms with Gasteiger partial charge in [0.15, 0.2) is 0 Å². The average Bonchev–Trinajstić information content (AvgIpc) is 2.46. The van der Waals surface area contributed by atoms with E-state index in [9.17, 15) is 0 Å². The van der Waals surface area contributed by atoms with Crippen molar-refractivity contribution < 1.29 is 4.74 Å². The molecule has 2 rings (SSSR count). The molecule has 18 heavy (non-hydrogen) atoms. The van der Waals surface area contributed by atoms with E-state index in [1.807, 2.05) is 12.3 Å². The van der Waals surface area contributed by atoms with Crippen molar-refractivity contribution in [1.82, 2.24) is 20.3 Å². The lowest BCUT2D eigenvalue weighted by molar-refractivity contribution is 0.411. The summed E-state index contributed by atoms with van der Waals surface area (Å²) < 4.78 is 5.19. The second-order valence-electron chi connectivity index (χ2n) is 3.78. The predicted molar refractivity (Wildman–Crippen MR) is 68.3 cm³/mol. The first-order valence-corrected chi connectivity index (χ1v) is 5.83. The molecule has 0 fully saturated rings. The van der Waals surface area contributed by atoms with Crippen LogP contribution in [-0.2, 0) is 0 Å². The summed E-state index contributed by atoms with van der Waals surface area (Å²) in [6.07, 6.45) is 8.60. The number of ether oxygens (including phenoxy) is 1. The van der Waals surface area contributed by atoms with Crippen LogP contribution < -0.4 is 10.1 Å². The minimum atomic E-state index is -0.0219. The lowest BCUT2D eigenvalue weighted by Gasteiger charge is -2.17. The fraction of sp³-hybridized carbons (Fsp3) is 0.308. The van der Waals surface area contributed by atoms with Gasteiger partial charge in [0.25, 0.3) is 0 Å². The molecule has 0 aliphatic carbocycles. The highest BCUT2D eigenvalue weighted by Gasteiger charge is 2.15. The Kier molecular flexibility index (Phi) is 4.20. The fourth-order valence-electron chi connectivity index (χ4n) is 1.76. The number of nitrogens with one attached hydrogen (secondary N) is 1. The zero-order chi connectivity index (χ0) is 12.8. The van der Waals surface area contributed by atoms with Crippen molar-refractivity contribution in [3.05, 3.63) is 48.3 Å². The van der Waals surface area contributed by atoms with Crippen LogP contribution in [0.15, 0.2) is 37.1 Å². The van der Waals surface area contributed by atoms with Gasteiger partial charge >= 0.3 is 0 Å². The highest BCUT2D eigenvalue weighted by atomic mass is 16.5. The Morgan fingerprint density at radius 1 is 1.22 bits per heavy atom. The molecule has 0 saturated heterocycles. The van der Waals surface area contributed by atoms with Crippen LogP contribution in [0, 0.1) is 0 Å². The van der Waals surface area contributed by atoms with E-state index >= 15 is 0 Å². The first kappa shape index (κ1) is 12.4. The Morgan fingerprint density at radius 2 is 2.11 bits per heavy atom. The van der Waals surface area contributed by atoms with E-state index in [0.717, 1.165) is 23.6 Å². The van der Waals surface area contributed by atoms with Crippen molar-refractivity contribution in [2.45, 2.75) is 13.0 Å². The van der Waals surface area contributed by atoms with Gasteiger partial charge in [-0.3, -0.25) is 15.0 Å². The molecule has 0 aromatic carbocycles. The van der Waals surface area contributed by atoms with Crippen LogP contribution in [0.25, 0.3) is 0 Å². The molecular formula is C13H16N4O. The molecule has 2 aromatic heterocycles. The first-order chi connectivity index (χ1) is 8.85. The standard InChI is InChI=1S/C13H16N4O/c1-3-16-13(12-9-14-4-5-17-12)10-6-11(18-2)8-15-7-10/h4-9,13,16H,3H2,1-2H3. The molecule has 5 nitrogen and oxygen atoms in total. The molecule has 0 radical (unpaired) electrons. The Labute approximate surface area is 106 Å². The quantitative estimate of drug-likeness (QED) is 0.865. The van der Waals surface area contributed by atoms with Crippen molar-refractivity contribution in [3.8, 4) is 5.75 Å². The van der Waals surface area contributed by atoms with Crippen molar-refractivity contribution in [2.24, 2.45) is 0 Å². The van der Waals surface area contributed by atoms with Gasteiger partial charge in [0.2, 0.25) is 0 Å². The molecule has 0 spiro atoms. The maximum Gasteiger partial charge on any atom is 0.137 e. The SMILES string of the molecule is CCNC(c1cncc(OC)c1)c1cnccn1. The molecule has 0 amide bonds. The fourth-order valence-corrected chi connectivity index (χ4v) is 1.76. The summed E-state index contributed by atoms with van der Waals surface area (Å²) >= 11 is 0. The summed E-state index contributed by atoms with van der Waals surface area (Å²) in [6, 6.07) is 1.93. The molecular weight excluding hydrogens is 228 g/mol. The second-order valence-corrected chi connectivity index (χ2v) is 3.78. The van der Waals surface area contributed by atoms with Crippen molar-refractivity contribution in [2.75, 3.05) is 13.7 Å². The van der Waals surface area contributed by atoms with Gasteiger partial charge < -0.3 is 10.1 Å². The van der Waals surface area contributed by atoms with E-state index in [0.29, 0.717) is 0 Å². The van der Waals surface area contributed by atoms with Crippen LogP contribution in [0.2, 0.25) is 0 Å². The van der Waals surface area contributed by atoms with Crippen LogP contribution in [0.5, 0.6) is 5.75 Å². The number of pyridine rings is 1. The number of aromatic nitrogens is 3. The molecule has 1 atom stereocenters. The van der Waals surface area contributed by atoms with Gasteiger partial charge in [-0.2, -0.15) is 0 Å². The van der Waals surface area contributed by atoms with Crippen molar-refractivity contribution >= 4 is 0 Å². The van der Waals surface area contributed by atoms with Crippen LogP contribution >= 0.6 is 0 Å². The Bertz CT molecular complexity index is 489. The molecule has 5 heteroatoms. The zero-order valence-electron chi connectivity index (χ0n) is 10.5. The minimum Gasteiger partial charge on any atom is -0.495 e. The van der Waals surface area contributed by atoms with Gasteiger partial charge in [0.1, 0.15) is 5.75 Å². The van der Waals surface area contributed by atoms with E-state index in [-0.39, 0.29) is 6.04 Å². The molecule has 0 saturated carbocycles. The third-order valence-electron chi connectivity index (χ3n) is 2.59. The van der Waals surface area contributed by atoms with Crippen molar-refractivity contribution in [3.63, 3.8) is 0 Å². The molecule has 2 aromatic rings. The molecule has 0 aliphatic rings. The van der Waals surface area contributed by atoms with Crippen LogP contribution in [0.1, 0.15) is 24.2 Å². The number of hydrogen-bond acceptors (Lipinski definition) is 5. The van der Waals surface area contributed by atoms with Gasteiger partial charge in [-0.25, -0.2) is 0 Å². The summed E-state index contributed by atoms with van der Waals surface area (Å²) in [5.41, 5.74) is 1.88. The summed E-state index contributed by atoms with van der Waals surface area (Å²) in [7, 11) is 1.63. The number of nitrogens with zero attached hydrogens (tertiary/aromatic N) is 3.